The molecule has 0 spiro atoms. The van der Waals surface area contributed by atoms with Crippen molar-refractivity contribution in [3.8, 4) is 11.4 Å². The van der Waals surface area contributed by atoms with Gasteiger partial charge in [-0.05, 0) is 223 Å². The lowest BCUT2D eigenvalue weighted by atomic mass is 9.81. The zero-order valence-corrected chi connectivity index (χ0v) is 53.9. The van der Waals surface area contributed by atoms with E-state index in [1.165, 1.54) is 11.1 Å². The van der Waals surface area contributed by atoms with E-state index in [2.05, 4.69) is 284 Å². The third-order valence-electron chi connectivity index (χ3n) is 18.7. The SMILES string of the molecule is CC(C)(C)c1ccc(-n2c3ccccc3c3cc(N(c4ccc(F)cc4)c4ccc5cc6c(cc5c4C(C)(C)C)oc4cc5c(C(C)(C)C)c(N(c7ccc(F)cc7)c7ccc8c(c7)c7ccccc7n8-c7ccc(C(C)(C)C)cc7)ccc5cc46)ccc32)cc1. The smallest absolute Gasteiger partial charge is 0.136 e. The van der Waals surface area contributed by atoms with Crippen LogP contribution in [0.4, 0.5) is 42.9 Å². The highest BCUT2D eigenvalue weighted by atomic mass is 19.1. The predicted molar refractivity (Wildman–Crippen MR) is 381 cm³/mol. The van der Waals surface area contributed by atoms with Gasteiger partial charge in [0.25, 0.3) is 0 Å². The lowest BCUT2D eigenvalue weighted by molar-refractivity contribution is 0.590. The summed E-state index contributed by atoms with van der Waals surface area (Å²) in [5.41, 5.74) is 18.1. The first-order chi connectivity index (χ1) is 43.5. The molecule has 91 heavy (non-hydrogen) atoms. The highest BCUT2D eigenvalue weighted by Crippen LogP contribution is 2.50. The average molecular weight is 1190 g/mol. The zero-order chi connectivity index (χ0) is 63.2. The van der Waals surface area contributed by atoms with Crippen molar-refractivity contribution in [3.63, 3.8) is 0 Å². The number of hydrogen-bond donors (Lipinski definition) is 0. The van der Waals surface area contributed by atoms with Crippen molar-refractivity contribution in [2.24, 2.45) is 0 Å². The molecule has 0 aliphatic rings. The summed E-state index contributed by atoms with van der Waals surface area (Å²) >= 11 is 0. The minimum atomic E-state index is -0.366. The van der Waals surface area contributed by atoms with Gasteiger partial charge in [-0.2, -0.15) is 0 Å². The molecule has 0 saturated carbocycles. The Bertz CT molecular complexity index is 5050. The number of anilines is 6. The maximum Gasteiger partial charge on any atom is 0.136 e. The van der Waals surface area contributed by atoms with Crippen LogP contribution in [0.2, 0.25) is 0 Å². The van der Waals surface area contributed by atoms with Crippen LogP contribution in [0.5, 0.6) is 0 Å². The van der Waals surface area contributed by atoms with Gasteiger partial charge < -0.3 is 23.4 Å². The normalized spacial score (nSPS) is 12.7. The number of aromatic nitrogens is 2. The molecule has 15 aromatic rings. The van der Waals surface area contributed by atoms with Crippen molar-refractivity contribution >= 4 is 121 Å². The second-order valence-electron chi connectivity index (χ2n) is 29.0. The zero-order valence-electron chi connectivity index (χ0n) is 53.9. The molecule has 0 aliphatic carbocycles. The maximum absolute atomic E-state index is 15.0. The van der Waals surface area contributed by atoms with Gasteiger partial charge in [0.2, 0.25) is 0 Å². The first-order valence-electron chi connectivity index (χ1n) is 31.8. The van der Waals surface area contributed by atoms with Crippen LogP contribution >= 0.6 is 0 Å². The van der Waals surface area contributed by atoms with Gasteiger partial charge in [0, 0.05) is 66.4 Å². The third-order valence-corrected chi connectivity index (χ3v) is 18.7. The first-order valence-corrected chi connectivity index (χ1v) is 31.8. The number of nitrogens with zero attached hydrogens (tertiary/aromatic N) is 4. The molecule has 0 N–H and O–H groups in total. The fourth-order valence-corrected chi connectivity index (χ4v) is 14.4. The molecule has 15 rings (SSSR count). The number of benzene rings is 12. The molecule has 3 aromatic heterocycles. The summed E-state index contributed by atoms with van der Waals surface area (Å²) in [5.74, 6) is -0.581. The predicted octanol–water partition coefficient (Wildman–Crippen LogP) is 24.5. The van der Waals surface area contributed by atoms with E-state index in [-0.39, 0.29) is 33.3 Å². The number of rotatable bonds is 8. The van der Waals surface area contributed by atoms with E-state index >= 15 is 8.78 Å². The van der Waals surface area contributed by atoms with Crippen LogP contribution < -0.4 is 9.80 Å². The summed E-state index contributed by atoms with van der Waals surface area (Å²) in [5, 5.41) is 11.0. The molecular formula is C84H74F2N4O. The molecule has 5 nitrogen and oxygen atoms in total. The van der Waals surface area contributed by atoms with Crippen LogP contribution in [-0.4, -0.2) is 9.13 Å². The van der Waals surface area contributed by atoms with Gasteiger partial charge in [0.15, 0.2) is 0 Å². The van der Waals surface area contributed by atoms with E-state index in [1.54, 1.807) is 24.3 Å². The number of hydrogen-bond acceptors (Lipinski definition) is 3. The van der Waals surface area contributed by atoms with E-state index < -0.39 is 0 Å². The number of para-hydroxylation sites is 2. The fourth-order valence-electron chi connectivity index (χ4n) is 14.4. The molecular weight excluding hydrogens is 1120 g/mol. The van der Waals surface area contributed by atoms with Crippen molar-refractivity contribution in [1.29, 1.82) is 0 Å². The highest BCUT2D eigenvalue weighted by molar-refractivity contribution is 6.17. The van der Waals surface area contributed by atoms with Crippen LogP contribution in [0.1, 0.15) is 105 Å². The van der Waals surface area contributed by atoms with Crippen LogP contribution in [0.25, 0.3) is 98.5 Å². The second-order valence-corrected chi connectivity index (χ2v) is 29.0. The Balaban J connectivity index is 0.887. The highest BCUT2D eigenvalue weighted by Gasteiger charge is 2.31. The summed E-state index contributed by atoms with van der Waals surface area (Å²) in [6.45, 7) is 27.1. The number of halogens is 2. The molecule has 7 heteroatoms. The quantitative estimate of drug-likeness (QED) is 0.152. The Kier molecular flexibility index (Phi) is 13.1. The minimum Gasteiger partial charge on any atom is -0.456 e. The lowest BCUT2D eigenvalue weighted by Gasteiger charge is -2.33. The van der Waals surface area contributed by atoms with Crippen molar-refractivity contribution in [3.05, 3.63) is 264 Å². The van der Waals surface area contributed by atoms with E-state index in [1.807, 2.05) is 24.3 Å². The van der Waals surface area contributed by atoms with Crippen molar-refractivity contribution in [2.75, 3.05) is 9.80 Å². The van der Waals surface area contributed by atoms with Gasteiger partial charge in [-0.1, -0.05) is 156 Å². The van der Waals surface area contributed by atoms with Crippen molar-refractivity contribution < 1.29 is 13.2 Å². The monoisotopic (exact) mass is 1190 g/mol. The van der Waals surface area contributed by atoms with Gasteiger partial charge in [-0.3, -0.25) is 0 Å². The van der Waals surface area contributed by atoms with E-state index in [0.717, 1.165) is 144 Å². The molecule has 0 saturated heterocycles. The van der Waals surface area contributed by atoms with E-state index in [0.29, 0.717) is 0 Å². The standard InChI is InChI=1S/C84H74F2N4O/c1-81(2,3)53-23-31-59(32-24-53)89-71-19-15-13-17-63(71)67-47-61(39-43-73(67)89)87(57-35-27-55(85)28-36-57)75-41-21-51-45-69-70-46-52-22-42-76(80(84(10,11)12)66(52)50-78(70)91-77(69)49-65(51)79(75)83(7,8)9)88(58-37-29-56(86)30-38-58)62-40-44-74-68(48-62)64-18-14-16-20-72(64)90(74)60-33-25-54(26-34-60)82(4,5)6/h13-50H,1-12H3. The number of furan rings is 1. The van der Waals surface area contributed by atoms with Crippen LogP contribution in [-0.2, 0) is 21.7 Å². The van der Waals surface area contributed by atoms with Crippen LogP contribution in [0.3, 0.4) is 0 Å². The van der Waals surface area contributed by atoms with Crippen molar-refractivity contribution in [1.82, 2.24) is 9.13 Å². The summed E-state index contributed by atoms with van der Waals surface area (Å²) in [6, 6.07) is 80.4. The van der Waals surface area contributed by atoms with Gasteiger partial charge in [0.1, 0.15) is 22.8 Å². The Morgan fingerprint density at radius 3 is 1.01 bits per heavy atom. The molecule has 0 aliphatic heterocycles. The lowest BCUT2D eigenvalue weighted by Crippen LogP contribution is -2.19. The Morgan fingerprint density at radius 2 is 0.648 bits per heavy atom. The topological polar surface area (TPSA) is 29.5 Å². The summed E-state index contributed by atoms with van der Waals surface area (Å²) in [4.78, 5) is 4.59. The third kappa shape index (κ3) is 9.71. The van der Waals surface area contributed by atoms with E-state index in [4.69, 9.17) is 4.42 Å². The Labute approximate surface area is 531 Å². The summed E-state index contributed by atoms with van der Waals surface area (Å²) in [6.07, 6.45) is 0. The van der Waals surface area contributed by atoms with E-state index in [9.17, 15) is 0 Å². The molecule has 450 valence electrons. The molecule has 0 bridgehead atoms. The molecule has 0 atom stereocenters. The molecule has 0 radical (unpaired) electrons. The van der Waals surface area contributed by atoms with Crippen LogP contribution in [0, 0.1) is 11.6 Å². The summed E-state index contributed by atoms with van der Waals surface area (Å²) < 4.78 is 41.9. The van der Waals surface area contributed by atoms with Gasteiger partial charge in [0.05, 0.1) is 33.4 Å². The maximum atomic E-state index is 15.0. The van der Waals surface area contributed by atoms with Gasteiger partial charge in [-0.25, -0.2) is 8.78 Å². The molecule has 0 unspecified atom stereocenters. The summed E-state index contributed by atoms with van der Waals surface area (Å²) in [7, 11) is 0. The van der Waals surface area contributed by atoms with Gasteiger partial charge >= 0.3 is 0 Å². The largest absolute Gasteiger partial charge is 0.456 e. The van der Waals surface area contributed by atoms with Gasteiger partial charge in [-0.15, -0.1) is 0 Å². The molecule has 3 heterocycles. The minimum absolute atomic E-state index is 0.0335. The Morgan fingerprint density at radius 1 is 0.297 bits per heavy atom. The molecule has 0 amide bonds. The molecule has 0 fully saturated rings. The molecule has 12 aromatic carbocycles. The van der Waals surface area contributed by atoms with Crippen molar-refractivity contribution in [2.45, 2.75) is 105 Å². The Hall–Kier alpha value is -9.98. The van der Waals surface area contributed by atoms with Crippen LogP contribution in [0.15, 0.2) is 235 Å². The number of fused-ring (bicyclic) bond motifs is 11. The fraction of sp³-hybridized carbons (Fsp3) is 0.190. The average Bonchev–Trinajstić information content (AvgIpc) is 1.72. The second kappa shape index (κ2) is 20.8. The first kappa shape index (κ1) is 57.5.